The van der Waals surface area contributed by atoms with Gasteiger partial charge in [-0.05, 0) is 66.0 Å². The number of rotatable bonds is 3. The molecule has 0 saturated carbocycles. The molecule has 1 aliphatic rings. The maximum Gasteiger partial charge on any atom is 0.149 e. The summed E-state index contributed by atoms with van der Waals surface area (Å²) in [5.41, 5.74) is 13.2. The molecule has 0 atom stereocenters. The third-order valence-electron chi connectivity index (χ3n) is 4.14. The van der Waals surface area contributed by atoms with Gasteiger partial charge in [0.15, 0.2) is 0 Å². The summed E-state index contributed by atoms with van der Waals surface area (Å²) in [6, 6.07) is 10.1. The molecule has 1 heterocycles. The molecule has 0 fully saturated rings. The van der Waals surface area contributed by atoms with Crippen molar-refractivity contribution in [1.29, 1.82) is 5.26 Å². The number of hydrogen-bond acceptors (Lipinski definition) is 4. The largest absolute Gasteiger partial charge is 0.339 e. The van der Waals surface area contributed by atoms with Crippen molar-refractivity contribution >= 4 is 17.3 Å². The summed E-state index contributed by atoms with van der Waals surface area (Å²) in [4.78, 5) is 7.32. The van der Waals surface area contributed by atoms with Crippen LogP contribution in [0.1, 0.15) is 35.1 Å². The van der Waals surface area contributed by atoms with Crippen molar-refractivity contribution in [2.75, 3.05) is 5.32 Å². The van der Waals surface area contributed by atoms with Gasteiger partial charge in [0.1, 0.15) is 17.7 Å². The Morgan fingerprint density at radius 1 is 1.26 bits per heavy atom. The van der Waals surface area contributed by atoms with Crippen LogP contribution in [0, 0.1) is 18.3 Å². The van der Waals surface area contributed by atoms with E-state index in [1.54, 1.807) is 0 Å². The number of aryl methyl sites for hydroxylation is 1. The molecule has 0 radical (unpaired) electrons. The molecule has 0 amide bonds. The van der Waals surface area contributed by atoms with Crippen LogP contribution in [0.3, 0.4) is 0 Å². The summed E-state index contributed by atoms with van der Waals surface area (Å²) in [6.07, 6.45) is 3.68. The molecule has 0 spiro atoms. The summed E-state index contributed by atoms with van der Waals surface area (Å²) in [5, 5.41) is 16.6. The molecule has 1 aliphatic carbocycles. The van der Waals surface area contributed by atoms with Gasteiger partial charge >= 0.3 is 0 Å². The van der Waals surface area contributed by atoms with E-state index in [1.165, 1.54) is 0 Å². The summed E-state index contributed by atoms with van der Waals surface area (Å²) < 4.78 is 0. The number of azide groups is 1. The van der Waals surface area contributed by atoms with Gasteiger partial charge in [-0.2, -0.15) is 5.26 Å². The molecule has 6 nitrogen and oxygen atoms in total. The van der Waals surface area contributed by atoms with Crippen molar-refractivity contribution in [1.82, 2.24) is 4.98 Å². The third kappa shape index (κ3) is 2.83. The average Bonchev–Trinajstić information content (AvgIpc) is 2.57. The molecule has 0 saturated heterocycles. The average molecular weight is 304 g/mol. The van der Waals surface area contributed by atoms with Gasteiger partial charge in [0.2, 0.25) is 0 Å². The highest BCUT2D eigenvalue weighted by Gasteiger charge is 2.21. The fraction of sp³-hybridized carbons (Fsp3) is 0.294. The lowest BCUT2D eigenvalue weighted by Crippen LogP contribution is -2.10. The predicted molar refractivity (Wildman–Crippen MR) is 88.9 cm³/mol. The second kappa shape index (κ2) is 6.39. The van der Waals surface area contributed by atoms with E-state index in [-0.39, 0.29) is 0 Å². The molecule has 23 heavy (non-hydrogen) atoms. The van der Waals surface area contributed by atoms with E-state index < -0.39 is 0 Å². The summed E-state index contributed by atoms with van der Waals surface area (Å²) >= 11 is 0. The maximum atomic E-state index is 9.61. The highest BCUT2D eigenvalue weighted by molar-refractivity contribution is 5.70. The van der Waals surface area contributed by atoms with Gasteiger partial charge in [0, 0.05) is 10.6 Å². The Morgan fingerprint density at radius 2 is 2.00 bits per heavy atom. The second-order valence-electron chi connectivity index (χ2n) is 5.56. The Morgan fingerprint density at radius 3 is 2.70 bits per heavy atom. The standard InChI is InChI=1S/C17H16N6/c1-11-6-2-5-9-15(11)20-16-14(10-18)12-7-3-4-8-13(12)17(21-16)22-23-19/h2,5-6,9H,3-4,7-8H2,1H3,(H,20,21). The lowest BCUT2D eigenvalue weighted by atomic mass is 9.89. The van der Waals surface area contributed by atoms with E-state index >= 15 is 0 Å². The normalized spacial score (nSPS) is 12.7. The molecule has 6 heteroatoms. The molecule has 0 aliphatic heterocycles. The first-order valence-electron chi connectivity index (χ1n) is 7.58. The molecule has 1 aromatic heterocycles. The molecule has 1 aromatic carbocycles. The van der Waals surface area contributed by atoms with E-state index in [9.17, 15) is 5.26 Å². The van der Waals surface area contributed by atoms with Crippen molar-refractivity contribution in [2.24, 2.45) is 5.11 Å². The van der Waals surface area contributed by atoms with Crippen LogP contribution in [0.25, 0.3) is 10.4 Å². The van der Waals surface area contributed by atoms with Crippen molar-refractivity contribution in [3.8, 4) is 6.07 Å². The number of hydrogen-bond donors (Lipinski definition) is 1. The number of pyridine rings is 1. The zero-order chi connectivity index (χ0) is 16.2. The Kier molecular flexibility index (Phi) is 4.13. The number of anilines is 2. The zero-order valence-electron chi connectivity index (χ0n) is 12.9. The number of benzene rings is 1. The molecule has 2 aromatic rings. The number of para-hydroxylation sites is 1. The molecule has 0 unspecified atom stereocenters. The van der Waals surface area contributed by atoms with E-state index in [2.05, 4.69) is 26.4 Å². The lowest BCUT2D eigenvalue weighted by Gasteiger charge is -2.21. The summed E-state index contributed by atoms with van der Waals surface area (Å²) in [7, 11) is 0. The minimum absolute atomic E-state index is 0.386. The lowest BCUT2D eigenvalue weighted by molar-refractivity contribution is 0.681. The van der Waals surface area contributed by atoms with Crippen LogP contribution in [0.4, 0.5) is 17.3 Å². The highest BCUT2D eigenvalue weighted by atomic mass is 15.2. The Labute approximate surface area is 134 Å². The smallest absolute Gasteiger partial charge is 0.149 e. The number of fused-ring (bicyclic) bond motifs is 1. The first kappa shape index (κ1) is 14.9. The van der Waals surface area contributed by atoms with Crippen LogP contribution in [-0.4, -0.2) is 4.98 Å². The fourth-order valence-electron chi connectivity index (χ4n) is 2.98. The van der Waals surface area contributed by atoms with Crippen LogP contribution in [0.15, 0.2) is 29.4 Å². The minimum atomic E-state index is 0.386. The van der Waals surface area contributed by atoms with Gasteiger partial charge in [-0.1, -0.05) is 18.2 Å². The number of nitrogens with zero attached hydrogens (tertiary/aromatic N) is 5. The quantitative estimate of drug-likeness (QED) is 0.499. The van der Waals surface area contributed by atoms with Crippen LogP contribution in [0.2, 0.25) is 0 Å². The predicted octanol–water partition coefficient (Wildman–Crippen LogP) is 4.83. The van der Waals surface area contributed by atoms with Crippen LogP contribution < -0.4 is 5.32 Å². The van der Waals surface area contributed by atoms with Gasteiger partial charge in [-0.15, -0.1) is 0 Å². The van der Waals surface area contributed by atoms with Crippen molar-refractivity contribution < 1.29 is 0 Å². The van der Waals surface area contributed by atoms with E-state index in [1.807, 2.05) is 31.2 Å². The first-order chi connectivity index (χ1) is 11.2. The van der Waals surface area contributed by atoms with Gasteiger partial charge in [0.05, 0.1) is 5.56 Å². The number of aromatic nitrogens is 1. The molecule has 1 N–H and O–H groups in total. The maximum absolute atomic E-state index is 9.61. The zero-order valence-corrected chi connectivity index (χ0v) is 12.9. The van der Waals surface area contributed by atoms with E-state index in [0.717, 1.165) is 48.1 Å². The van der Waals surface area contributed by atoms with Crippen molar-refractivity contribution in [3.05, 3.63) is 57.0 Å². The molecular formula is C17H16N6. The van der Waals surface area contributed by atoms with E-state index in [0.29, 0.717) is 17.2 Å². The Bertz CT molecular complexity index is 843. The monoisotopic (exact) mass is 304 g/mol. The third-order valence-corrected chi connectivity index (χ3v) is 4.14. The van der Waals surface area contributed by atoms with E-state index in [4.69, 9.17) is 5.53 Å². The van der Waals surface area contributed by atoms with Crippen LogP contribution in [0.5, 0.6) is 0 Å². The van der Waals surface area contributed by atoms with Crippen molar-refractivity contribution in [2.45, 2.75) is 32.6 Å². The van der Waals surface area contributed by atoms with Gasteiger partial charge in [0.25, 0.3) is 0 Å². The number of nitriles is 1. The SMILES string of the molecule is Cc1ccccc1Nc1nc(N=[N+]=[N-])c2c(c1C#N)CCCC2. The molecule has 114 valence electrons. The fourth-order valence-corrected chi connectivity index (χ4v) is 2.98. The Balaban J connectivity index is 2.16. The summed E-state index contributed by atoms with van der Waals surface area (Å²) in [6.45, 7) is 1.99. The highest BCUT2D eigenvalue weighted by Crippen LogP contribution is 2.35. The topological polar surface area (TPSA) is 97.5 Å². The van der Waals surface area contributed by atoms with Gasteiger partial charge in [-0.25, -0.2) is 4.98 Å². The van der Waals surface area contributed by atoms with Crippen molar-refractivity contribution in [3.63, 3.8) is 0 Å². The number of nitrogens with one attached hydrogen (secondary N) is 1. The van der Waals surface area contributed by atoms with Gasteiger partial charge < -0.3 is 5.32 Å². The molecule has 0 bridgehead atoms. The molecule has 3 rings (SSSR count). The molecular weight excluding hydrogens is 288 g/mol. The van der Waals surface area contributed by atoms with Crippen LogP contribution >= 0.6 is 0 Å². The Hall–Kier alpha value is -3.03. The minimum Gasteiger partial charge on any atom is -0.339 e. The van der Waals surface area contributed by atoms with Crippen LogP contribution in [-0.2, 0) is 12.8 Å². The first-order valence-corrected chi connectivity index (χ1v) is 7.58. The summed E-state index contributed by atoms with van der Waals surface area (Å²) in [5.74, 6) is 0.849. The van der Waals surface area contributed by atoms with Gasteiger partial charge in [-0.3, -0.25) is 0 Å². The second-order valence-corrected chi connectivity index (χ2v) is 5.56.